The second-order valence-electron chi connectivity index (χ2n) is 10.3. The number of benzene rings is 3. The number of carbonyl (C=O) groups excluding carboxylic acids is 2. The van der Waals surface area contributed by atoms with Crippen LogP contribution in [0.5, 0.6) is 5.75 Å². The van der Waals surface area contributed by atoms with Gasteiger partial charge in [0.05, 0.1) is 36.0 Å². The molecule has 3 heterocycles. The number of aromatic nitrogens is 3. The highest BCUT2D eigenvalue weighted by Crippen LogP contribution is 2.35. The minimum Gasteiger partial charge on any atom is -0.497 e. The minimum atomic E-state index is -0.354. The molecule has 3 aromatic carbocycles. The summed E-state index contributed by atoms with van der Waals surface area (Å²) in [6.45, 7) is 2.10. The molecule has 45 heavy (non-hydrogen) atoms. The van der Waals surface area contributed by atoms with E-state index in [1.807, 2.05) is 53.3 Å². The molecule has 0 aliphatic carbocycles. The van der Waals surface area contributed by atoms with Crippen molar-refractivity contribution in [3.63, 3.8) is 0 Å². The number of nitrogens with zero attached hydrogens (tertiary/aromatic N) is 5. The van der Waals surface area contributed by atoms with Gasteiger partial charge in [0.25, 0.3) is 11.8 Å². The van der Waals surface area contributed by atoms with Gasteiger partial charge >= 0.3 is 0 Å². The summed E-state index contributed by atoms with van der Waals surface area (Å²) in [4.78, 5) is 27.6. The zero-order valence-corrected chi connectivity index (χ0v) is 26.1. The summed E-state index contributed by atoms with van der Waals surface area (Å²) >= 11 is 2.80. The standard InChI is InChI=1S/C33H29FN6O3S2/c1-21-6-3-8-25(16-21)39-30(19-35-32(42)23-7-4-9-26(17-23)43-2)36-37-33(39)45-20-31(41)40-28(22-11-13-24(34)14-12-22)18-27(38-40)29-10-5-15-44-29/h3-17,28H,18-20H2,1-2H3,(H,35,42)/t28-/m1/s1. The zero-order chi connectivity index (χ0) is 31.3. The number of hydrogen-bond acceptors (Lipinski definition) is 8. The lowest BCUT2D eigenvalue weighted by Crippen LogP contribution is -2.28. The Labute approximate surface area is 267 Å². The van der Waals surface area contributed by atoms with E-state index in [1.165, 1.54) is 28.9 Å². The highest BCUT2D eigenvalue weighted by Gasteiger charge is 2.33. The molecule has 12 heteroatoms. The summed E-state index contributed by atoms with van der Waals surface area (Å²) in [5, 5.41) is 20.4. The van der Waals surface area contributed by atoms with Crippen molar-refractivity contribution in [2.24, 2.45) is 5.10 Å². The Morgan fingerprint density at radius 1 is 1.04 bits per heavy atom. The Bertz CT molecular complexity index is 1860. The summed E-state index contributed by atoms with van der Waals surface area (Å²) in [6.07, 6.45) is 0.527. The molecule has 0 bridgehead atoms. The molecule has 5 aromatic rings. The van der Waals surface area contributed by atoms with Crippen LogP contribution >= 0.6 is 23.1 Å². The average Bonchev–Trinajstić information content (AvgIpc) is 3.83. The molecular weight excluding hydrogens is 612 g/mol. The molecule has 0 saturated heterocycles. The van der Waals surface area contributed by atoms with Gasteiger partial charge in [-0.25, -0.2) is 9.40 Å². The smallest absolute Gasteiger partial charge is 0.253 e. The van der Waals surface area contributed by atoms with E-state index in [0.29, 0.717) is 28.7 Å². The van der Waals surface area contributed by atoms with Crippen LogP contribution < -0.4 is 10.1 Å². The van der Waals surface area contributed by atoms with E-state index in [-0.39, 0.29) is 36.0 Å². The van der Waals surface area contributed by atoms with Crippen LogP contribution in [0.3, 0.4) is 0 Å². The number of thiophene rings is 1. The van der Waals surface area contributed by atoms with Crippen molar-refractivity contribution < 1.29 is 18.7 Å². The number of halogens is 1. The van der Waals surface area contributed by atoms with E-state index >= 15 is 0 Å². The molecule has 1 atom stereocenters. The van der Waals surface area contributed by atoms with Crippen LogP contribution in [0.25, 0.3) is 5.69 Å². The molecule has 1 N–H and O–H groups in total. The molecule has 6 rings (SSSR count). The third-order valence-corrected chi connectivity index (χ3v) is 9.08. The van der Waals surface area contributed by atoms with Crippen LogP contribution in [0.15, 0.2) is 101 Å². The van der Waals surface area contributed by atoms with Gasteiger partial charge in [-0.1, -0.05) is 48.2 Å². The SMILES string of the molecule is COc1cccc(C(=O)NCc2nnc(SCC(=O)N3N=C(c4cccs4)C[C@@H]3c3ccc(F)cc3)n2-c2cccc(C)c2)c1. The normalized spacial score (nSPS) is 14.3. The number of rotatable bonds is 10. The fraction of sp³-hybridized carbons (Fsp3) is 0.182. The number of thioether (sulfide) groups is 1. The van der Waals surface area contributed by atoms with E-state index in [2.05, 4.69) is 15.5 Å². The third-order valence-electron chi connectivity index (χ3n) is 7.25. The van der Waals surface area contributed by atoms with Crippen LogP contribution in [0, 0.1) is 12.7 Å². The number of ether oxygens (including phenoxy) is 1. The van der Waals surface area contributed by atoms with Gasteiger partial charge in [0.1, 0.15) is 11.6 Å². The highest BCUT2D eigenvalue weighted by atomic mass is 32.2. The van der Waals surface area contributed by atoms with Crippen LogP contribution in [0.1, 0.15) is 44.6 Å². The lowest BCUT2D eigenvalue weighted by Gasteiger charge is -2.22. The lowest BCUT2D eigenvalue weighted by molar-refractivity contribution is -0.130. The maximum Gasteiger partial charge on any atom is 0.253 e. The summed E-state index contributed by atoms with van der Waals surface area (Å²) < 4.78 is 20.8. The van der Waals surface area contributed by atoms with Gasteiger partial charge in [-0.2, -0.15) is 5.10 Å². The molecule has 228 valence electrons. The number of aryl methyl sites for hydroxylation is 1. The third kappa shape index (κ3) is 6.81. The fourth-order valence-corrected chi connectivity index (χ4v) is 6.57. The van der Waals surface area contributed by atoms with Crippen LogP contribution in [0.2, 0.25) is 0 Å². The quantitative estimate of drug-likeness (QED) is 0.183. The molecule has 9 nitrogen and oxygen atoms in total. The van der Waals surface area contributed by atoms with Crippen molar-refractivity contribution in [3.8, 4) is 11.4 Å². The first kappa shape index (κ1) is 30.2. The molecule has 0 radical (unpaired) electrons. The number of methoxy groups -OCH3 is 1. The largest absolute Gasteiger partial charge is 0.497 e. The molecule has 2 amide bonds. The molecule has 2 aromatic heterocycles. The lowest BCUT2D eigenvalue weighted by atomic mass is 10.0. The van der Waals surface area contributed by atoms with Crippen molar-refractivity contribution in [2.45, 2.75) is 31.1 Å². The summed E-state index contributed by atoms with van der Waals surface area (Å²) in [5.74, 6) is 0.301. The van der Waals surface area contributed by atoms with Crippen molar-refractivity contribution in [2.75, 3.05) is 12.9 Å². The van der Waals surface area contributed by atoms with Gasteiger partial charge in [-0.3, -0.25) is 14.2 Å². The second kappa shape index (κ2) is 13.4. The number of nitrogens with one attached hydrogen (secondary N) is 1. The second-order valence-corrected chi connectivity index (χ2v) is 12.2. The molecule has 1 aliphatic heterocycles. The van der Waals surface area contributed by atoms with Crippen LogP contribution in [-0.2, 0) is 11.3 Å². The topological polar surface area (TPSA) is 102 Å². The first-order valence-corrected chi connectivity index (χ1v) is 16.0. The molecule has 0 saturated carbocycles. The summed E-state index contributed by atoms with van der Waals surface area (Å²) in [6, 6.07) is 24.5. The van der Waals surface area contributed by atoms with Crippen molar-refractivity contribution in [1.29, 1.82) is 0 Å². The van der Waals surface area contributed by atoms with Gasteiger partial charge in [0.15, 0.2) is 11.0 Å². The first-order chi connectivity index (χ1) is 21.9. The van der Waals surface area contributed by atoms with Crippen LogP contribution in [-0.4, -0.2) is 50.2 Å². The van der Waals surface area contributed by atoms with E-state index < -0.39 is 0 Å². The van der Waals surface area contributed by atoms with Crippen molar-refractivity contribution in [3.05, 3.63) is 124 Å². The number of carbonyl (C=O) groups is 2. The number of hydrogen-bond donors (Lipinski definition) is 1. The molecule has 0 unspecified atom stereocenters. The molecule has 0 fully saturated rings. The van der Waals surface area contributed by atoms with Crippen LogP contribution in [0.4, 0.5) is 4.39 Å². The molecular formula is C33H29FN6O3S2. The predicted molar refractivity (Wildman–Crippen MR) is 172 cm³/mol. The summed E-state index contributed by atoms with van der Waals surface area (Å²) in [5.41, 5.74) is 3.93. The predicted octanol–water partition coefficient (Wildman–Crippen LogP) is 6.18. The van der Waals surface area contributed by atoms with Crippen molar-refractivity contribution in [1.82, 2.24) is 25.1 Å². The maximum absolute atomic E-state index is 13.7. The van der Waals surface area contributed by atoms with E-state index in [9.17, 15) is 14.0 Å². The zero-order valence-electron chi connectivity index (χ0n) is 24.5. The van der Waals surface area contributed by atoms with E-state index in [0.717, 1.165) is 27.4 Å². The molecule has 0 spiro atoms. The number of amides is 2. The highest BCUT2D eigenvalue weighted by molar-refractivity contribution is 7.99. The van der Waals surface area contributed by atoms with Gasteiger partial charge in [-0.05, 0) is 72.0 Å². The minimum absolute atomic E-state index is 0.0407. The van der Waals surface area contributed by atoms with Gasteiger partial charge < -0.3 is 10.1 Å². The fourth-order valence-electron chi connectivity index (χ4n) is 5.03. The Hall–Kier alpha value is -4.81. The van der Waals surface area contributed by atoms with Gasteiger partial charge in [0, 0.05) is 17.7 Å². The Morgan fingerprint density at radius 2 is 1.87 bits per heavy atom. The Kier molecular flexibility index (Phi) is 9.03. The Balaban J connectivity index is 1.23. The monoisotopic (exact) mass is 640 g/mol. The summed E-state index contributed by atoms with van der Waals surface area (Å²) in [7, 11) is 1.55. The maximum atomic E-state index is 13.7. The van der Waals surface area contributed by atoms with E-state index in [4.69, 9.17) is 9.84 Å². The Morgan fingerprint density at radius 3 is 2.62 bits per heavy atom. The first-order valence-electron chi connectivity index (χ1n) is 14.1. The molecule has 1 aliphatic rings. The van der Waals surface area contributed by atoms with Gasteiger partial charge in [0.2, 0.25) is 0 Å². The average molecular weight is 641 g/mol. The van der Waals surface area contributed by atoms with E-state index in [1.54, 1.807) is 54.8 Å². The van der Waals surface area contributed by atoms with Gasteiger partial charge in [-0.15, -0.1) is 21.5 Å². The number of hydrazone groups is 1. The van der Waals surface area contributed by atoms with Crippen molar-refractivity contribution >= 4 is 40.6 Å².